The summed E-state index contributed by atoms with van der Waals surface area (Å²) in [6.45, 7) is 6.03. The minimum absolute atomic E-state index is 0.0936. The molecule has 1 saturated carbocycles. The van der Waals surface area contributed by atoms with Gasteiger partial charge in [-0.05, 0) is 11.8 Å². The van der Waals surface area contributed by atoms with E-state index in [1.807, 2.05) is 20.8 Å². The molecule has 3 atom stereocenters. The van der Waals surface area contributed by atoms with Crippen LogP contribution in [0.1, 0.15) is 27.2 Å². The summed E-state index contributed by atoms with van der Waals surface area (Å²) in [5.41, 5.74) is -0.0947. The van der Waals surface area contributed by atoms with Crippen molar-refractivity contribution >= 4 is 5.97 Å². The van der Waals surface area contributed by atoms with Crippen molar-refractivity contribution in [3.63, 3.8) is 0 Å². The first kappa shape index (κ1) is 10.5. The normalized spacial score (nSPS) is 32.6. The van der Waals surface area contributed by atoms with Crippen molar-refractivity contribution in [2.75, 3.05) is 7.11 Å². The minimum atomic E-state index is -0.689. The lowest BCUT2D eigenvalue weighted by Crippen LogP contribution is -2.16. The highest BCUT2D eigenvalue weighted by Gasteiger charge is 2.64. The van der Waals surface area contributed by atoms with Crippen molar-refractivity contribution in [1.29, 1.82) is 0 Å². The Bertz CT molecular complexity index is 206. The quantitative estimate of drug-likeness (QED) is 0.727. The molecule has 1 rings (SSSR count). The number of methoxy groups -OCH3 is 1. The standard InChI is InChI=1S/C10H18O3/c1-5-6(13-4)7-8(9(11)12)10(7,2)3/h6-8H,5H2,1-4H3,(H,11,12)/t6?,7-,8+/m0/s1. The maximum Gasteiger partial charge on any atom is 0.307 e. The van der Waals surface area contributed by atoms with Crippen molar-refractivity contribution in [2.24, 2.45) is 17.3 Å². The summed E-state index contributed by atoms with van der Waals surface area (Å²) in [5.74, 6) is -0.733. The Morgan fingerprint density at radius 2 is 2.15 bits per heavy atom. The van der Waals surface area contributed by atoms with Crippen LogP contribution in [0.2, 0.25) is 0 Å². The fraction of sp³-hybridized carbons (Fsp3) is 0.900. The predicted octanol–water partition coefficient (Wildman–Crippen LogP) is 1.77. The van der Waals surface area contributed by atoms with Crippen LogP contribution in [0.5, 0.6) is 0 Å². The van der Waals surface area contributed by atoms with Gasteiger partial charge in [-0.25, -0.2) is 0 Å². The van der Waals surface area contributed by atoms with Gasteiger partial charge in [-0.1, -0.05) is 20.8 Å². The molecule has 0 heterocycles. The highest BCUT2D eigenvalue weighted by atomic mass is 16.5. The molecule has 3 nitrogen and oxygen atoms in total. The van der Waals surface area contributed by atoms with Gasteiger partial charge in [-0.2, -0.15) is 0 Å². The van der Waals surface area contributed by atoms with Gasteiger partial charge in [0.05, 0.1) is 12.0 Å². The van der Waals surface area contributed by atoms with Crippen molar-refractivity contribution in [3.8, 4) is 0 Å². The molecule has 76 valence electrons. The summed E-state index contributed by atoms with van der Waals surface area (Å²) < 4.78 is 5.28. The van der Waals surface area contributed by atoms with E-state index in [1.54, 1.807) is 7.11 Å². The van der Waals surface area contributed by atoms with Gasteiger partial charge in [0.1, 0.15) is 0 Å². The van der Waals surface area contributed by atoms with Crippen molar-refractivity contribution in [1.82, 2.24) is 0 Å². The van der Waals surface area contributed by atoms with Crippen LogP contribution in [0.3, 0.4) is 0 Å². The predicted molar refractivity (Wildman–Crippen MR) is 49.5 cm³/mol. The summed E-state index contributed by atoms with van der Waals surface area (Å²) in [6.07, 6.45) is 0.977. The monoisotopic (exact) mass is 186 g/mol. The molecule has 1 fully saturated rings. The molecule has 0 amide bonds. The van der Waals surface area contributed by atoms with Gasteiger partial charge in [0, 0.05) is 13.0 Å². The van der Waals surface area contributed by atoms with Gasteiger partial charge in [-0.3, -0.25) is 4.79 Å². The van der Waals surface area contributed by atoms with Crippen LogP contribution in [0.25, 0.3) is 0 Å². The van der Waals surface area contributed by atoms with Crippen molar-refractivity contribution in [3.05, 3.63) is 0 Å². The Morgan fingerprint density at radius 3 is 2.38 bits per heavy atom. The number of rotatable bonds is 4. The third-order valence-corrected chi connectivity index (χ3v) is 3.28. The summed E-state index contributed by atoms with van der Waals surface area (Å²) in [5, 5.41) is 8.94. The third kappa shape index (κ3) is 1.57. The molecule has 0 bridgehead atoms. The lowest BCUT2D eigenvalue weighted by atomic mass is 10.0. The van der Waals surface area contributed by atoms with Gasteiger partial charge in [0.25, 0.3) is 0 Å². The van der Waals surface area contributed by atoms with Crippen molar-refractivity contribution < 1.29 is 14.6 Å². The molecule has 0 radical (unpaired) electrons. The van der Waals surface area contributed by atoms with Crippen LogP contribution in [-0.2, 0) is 9.53 Å². The summed E-state index contributed by atoms with van der Waals surface area (Å²) in [6, 6.07) is 0. The van der Waals surface area contributed by atoms with E-state index in [4.69, 9.17) is 9.84 Å². The lowest BCUT2D eigenvalue weighted by molar-refractivity contribution is -0.139. The molecular formula is C10H18O3. The van der Waals surface area contributed by atoms with E-state index in [0.717, 1.165) is 6.42 Å². The van der Waals surface area contributed by atoms with Crippen LogP contribution in [0.4, 0.5) is 0 Å². The fourth-order valence-electron chi connectivity index (χ4n) is 2.41. The molecule has 0 saturated heterocycles. The summed E-state index contributed by atoms with van der Waals surface area (Å²) in [7, 11) is 1.65. The topological polar surface area (TPSA) is 46.5 Å². The van der Waals surface area contributed by atoms with E-state index < -0.39 is 5.97 Å². The minimum Gasteiger partial charge on any atom is -0.481 e. The number of hydrogen-bond donors (Lipinski definition) is 1. The number of carboxylic acid groups (broad SMARTS) is 1. The van der Waals surface area contributed by atoms with E-state index in [-0.39, 0.29) is 23.4 Å². The Morgan fingerprint density at radius 1 is 1.62 bits per heavy atom. The lowest BCUT2D eigenvalue weighted by Gasteiger charge is -2.13. The molecule has 1 aliphatic rings. The number of ether oxygens (including phenoxy) is 1. The van der Waals surface area contributed by atoms with E-state index in [9.17, 15) is 4.79 Å². The molecule has 1 N–H and O–H groups in total. The second-order valence-corrected chi connectivity index (χ2v) is 4.35. The van der Waals surface area contributed by atoms with E-state index >= 15 is 0 Å². The third-order valence-electron chi connectivity index (χ3n) is 3.28. The summed E-state index contributed by atoms with van der Waals surface area (Å²) in [4.78, 5) is 10.9. The average molecular weight is 186 g/mol. The first-order valence-electron chi connectivity index (χ1n) is 4.72. The first-order chi connectivity index (χ1) is 5.96. The Kier molecular flexibility index (Phi) is 2.66. The zero-order valence-electron chi connectivity index (χ0n) is 8.70. The number of carbonyl (C=O) groups is 1. The van der Waals surface area contributed by atoms with Gasteiger partial charge in [-0.15, -0.1) is 0 Å². The smallest absolute Gasteiger partial charge is 0.307 e. The van der Waals surface area contributed by atoms with E-state index in [2.05, 4.69) is 0 Å². The van der Waals surface area contributed by atoms with Gasteiger partial charge >= 0.3 is 5.97 Å². The molecule has 13 heavy (non-hydrogen) atoms. The Labute approximate surface area is 79.1 Å². The van der Waals surface area contributed by atoms with Crippen molar-refractivity contribution in [2.45, 2.75) is 33.3 Å². The zero-order valence-corrected chi connectivity index (χ0v) is 8.70. The van der Waals surface area contributed by atoms with Gasteiger partial charge < -0.3 is 9.84 Å². The fourth-order valence-corrected chi connectivity index (χ4v) is 2.41. The Hall–Kier alpha value is -0.570. The van der Waals surface area contributed by atoms with Gasteiger partial charge in [0.2, 0.25) is 0 Å². The number of hydrogen-bond acceptors (Lipinski definition) is 2. The first-order valence-corrected chi connectivity index (χ1v) is 4.72. The summed E-state index contributed by atoms with van der Waals surface area (Å²) >= 11 is 0. The van der Waals surface area contributed by atoms with Gasteiger partial charge in [0.15, 0.2) is 0 Å². The molecule has 1 aliphatic carbocycles. The SMILES string of the molecule is CCC(OC)[C@H]1[C@H](C(=O)O)C1(C)C. The molecule has 3 heteroatoms. The van der Waals surface area contributed by atoms with E-state index in [0.29, 0.717) is 0 Å². The average Bonchev–Trinajstić information content (AvgIpc) is 2.57. The maximum absolute atomic E-state index is 10.9. The highest BCUT2D eigenvalue weighted by molar-refractivity contribution is 5.75. The number of carboxylic acids is 1. The largest absolute Gasteiger partial charge is 0.481 e. The maximum atomic E-state index is 10.9. The molecule has 0 aliphatic heterocycles. The highest BCUT2D eigenvalue weighted by Crippen LogP contribution is 2.60. The van der Waals surface area contributed by atoms with Crippen LogP contribution in [0.15, 0.2) is 0 Å². The van der Waals surface area contributed by atoms with E-state index in [1.165, 1.54) is 0 Å². The second kappa shape index (κ2) is 3.29. The molecule has 0 aromatic carbocycles. The molecule has 0 aromatic heterocycles. The molecule has 0 aromatic rings. The van der Waals surface area contributed by atoms with Crippen LogP contribution in [0, 0.1) is 17.3 Å². The molecule has 1 unspecified atom stereocenters. The van der Waals surface area contributed by atoms with Crippen LogP contribution >= 0.6 is 0 Å². The zero-order chi connectivity index (χ0) is 10.2. The molecule has 0 spiro atoms. The second-order valence-electron chi connectivity index (χ2n) is 4.35. The number of aliphatic carboxylic acids is 1. The Balaban J connectivity index is 2.69. The van der Waals surface area contributed by atoms with Crippen LogP contribution < -0.4 is 0 Å². The van der Waals surface area contributed by atoms with Crippen LogP contribution in [-0.4, -0.2) is 24.3 Å². The molecular weight excluding hydrogens is 168 g/mol.